The van der Waals surface area contributed by atoms with Gasteiger partial charge in [0, 0.05) is 0 Å². The average molecular weight is 472 g/mol. The standard InChI is InChI=1S/2C8H8O4.Ba/c2*1-4-3-6(10)7(5(2)9)8(11)12-4;/h2*3,10H,1-2H3;/q;;+2/p-2. The summed E-state index contributed by atoms with van der Waals surface area (Å²) in [4.78, 5) is 43.3. The van der Waals surface area contributed by atoms with Gasteiger partial charge in [0.1, 0.15) is 11.5 Å². The van der Waals surface area contributed by atoms with Crippen molar-refractivity contribution in [3.63, 3.8) is 0 Å². The summed E-state index contributed by atoms with van der Waals surface area (Å²) in [5.74, 6) is -1.83. The van der Waals surface area contributed by atoms with Crippen LogP contribution in [0.3, 0.4) is 0 Å². The maximum absolute atomic E-state index is 11.0. The van der Waals surface area contributed by atoms with Crippen LogP contribution in [0.4, 0.5) is 0 Å². The molecule has 2 aromatic rings. The molecule has 25 heavy (non-hydrogen) atoms. The molecule has 0 aliphatic carbocycles. The van der Waals surface area contributed by atoms with E-state index in [1.54, 1.807) is 0 Å². The molecular weight excluding hydrogens is 457 g/mol. The number of hydrogen-bond donors (Lipinski definition) is 0. The third-order valence-electron chi connectivity index (χ3n) is 2.78. The van der Waals surface area contributed by atoms with Gasteiger partial charge in [-0.25, -0.2) is 9.59 Å². The molecular formula is C16H14BaO8. The fraction of sp³-hybridized carbons (Fsp3) is 0.250. The van der Waals surface area contributed by atoms with Gasteiger partial charge in [-0.3, -0.25) is 9.59 Å². The van der Waals surface area contributed by atoms with Crippen LogP contribution in [-0.4, -0.2) is 60.4 Å². The average Bonchev–Trinajstić information content (AvgIpc) is 2.35. The number of aryl methyl sites for hydroxylation is 2. The maximum Gasteiger partial charge on any atom is 2.00 e. The Labute approximate surface area is 182 Å². The van der Waals surface area contributed by atoms with Gasteiger partial charge in [-0.1, -0.05) is 11.5 Å². The van der Waals surface area contributed by atoms with Crippen molar-refractivity contribution in [2.24, 2.45) is 0 Å². The van der Waals surface area contributed by atoms with Crippen LogP contribution in [0.2, 0.25) is 0 Å². The Hall–Kier alpha value is -1.59. The molecule has 0 N–H and O–H groups in total. The predicted molar refractivity (Wildman–Crippen MR) is 84.1 cm³/mol. The van der Waals surface area contributed by atoms with E-state index in [0.29, 0.717) is 0 Å². The van der Waals surface area contributed by atoms with E-state index in [2.05, 4.69) is 8.83 Å². The minimum Gasteiger partial charge on any atom is -0.872 e. The Kier molecular flexibility index (Phi) is 9.16. The second-order valence-corrected chi connectivity index (χ2v) is 4.88. The Morgan fingerprint density at radius 1 is 0.800 bits per heavy atom. The normalized spacial score (nSPS) is 9.44. The van der Waals surface area contributed by atoms with Crippen LogP contribution in [0.1, 0.15) is 46.1 Å². The van der Waals surface area contributed by atoms with Crippen LogP contribution in [-0.2, 0) is 0 Å². The SMILES string of the molecule is CC(=O)c1c([O-])cc(C)oc1=O.CC(=O)c1c([O-])cc(C)oc1=O.[Ba+2]. The zero-order valence-corrected chi connectivity index (χ0v) is 18.6. The number of rotatable bonds is 2. The molecule has 0 spiro atoms. The van der Waals surface area contributed by atoms with Crippen LogP contribution >= 0.6 is 0 Å². The molecule has 0 aliphatic heterocycles. The molecule has 8 nitrogen and oxygen atoms in total. The smallest absolute Gasteiger partial charge is 0.872 e. The molecule has 0 bridgehead atoms. The summed E-state index contributed by atoms with van der Waals surface area (Å²) in [5, 5.41) is 22.0. The van der Waals surface area contributed by atoms with Crippen molar-refractivity contribution >= 4 is 60.4 Å². The van der Waals surface area contributed by atoms with Gasteiger partial charge in [0.05, 0.1) is 11.1 Å². The summed E-state index contributed by atoms with van der Waals surface area (Å²) in [5.41, 5.74) is -2.51. The van der Waals surface area contributed by atoms with Crippen LogP contribution in [0.25, 0.3) is 0 Å². The molecule has 0 amide bonds. The molecule has 0 atom stereocenters. The molecule has 0 saturated heterocycles. The van der Waals surface area contributed by atoms with Gasteiger partial charge in [0.25, 0.3) is 0 Å². The minimum atomic E-state index is -0.854. The first-order chi connectivity index (χ1) is 11.0. The molecule has 128 valence electrons. The zero-order valence-electron chi connectivity index (χ0n) is 14.1. The van der Waals surface area contributed by atoms with Gasteiger partial charge in [-0.05, 0) is 39.8 Å². The largest absolute Gasteiger partial charge is 2.00 e. The fourth-order valence-electron chi connectivity index (χ4n) is 1.80. The van der Waals surface area contributed by atoms with E-state index in [1.165, 1.54) is 13.8 Å². The Morgan fingerprint density at radius 3 is 1.28 bits per heavy atom. The van der Waals surface area contributed by atoms with E-state index < -0.39 is 45.4 Å². The molecule has 0 saturated carbocycles. The van der Waals surface area contributed by atoms with Crippen molar-refractivity contribution in [3.8, 4) is 11.5 Å². The number of ketones is 2. The number of hydrogen-bond acceptors (Lipinski definition) is 8. The monoisotopic (exact) mass is 472 g/mol. The van der Waals surface area contributed by atoms with E-state index in [9.17, 15) is 29.4 Å². The van der Waals surface area contributed by atoms with Gasteiger partial charge in [-0.15, -0.1) is 0 Å². The molecule has 0 aromatic carbocycles. The van der Waals surface area contributed by atoms with Crippen LogP contribution in [0, 0.1) is 13.8 Å². The summed E-state index contributed by atoms with van der Waals surface area (Å²) >= 11 is 0. The van der Waals surface area contributed by atoms with Crippen molar-refractivity contribution < 1.29 is 28.6 Å². The van der Waals surface area contributed by atoms with E-state index in [4.69, 9.17) is 0 Å². The summed E-state index contributed by atoms with van der Waals surface area (Å²) in [7, 11) is 0. The van der Waals surface area contributed by atoms with E-state index in [1.807, 2.05) is 0 Å². The molecule has 2 aromatic heterocycles. The maximum atomic E-state index is 11.0. The Bertz CT molecular complexity index is 832. The quantitative estimate of drug-likeness (QED) is 0.442. The van der Waals surface area contributed by atoms with Crippen LogP contribution in [0.5, 0.6) is 11.5 Å². The van der Waals surface area contributed by atoms with Crippen LogP contribution in [0.15, 0.2) is 30.6 Å². The minimum absolute atomic E-state index is 0. The molecule has 2 heterocycles. The number of carbonyl (C=O) groups is 2. The Morgan fingerprint density at radius 2 is 1.08 bits per heavy atom. The van der Waals surface area contributed by atoms with E-state index in [0.717, 1.165) is 26.0 Å². The first-order valence-electron chi connectivity index (χ1n) is 6.70. The van der Waals surface area contributed by atoms with E-state index >= 15 is 0 Å². The van der Waals surface area contributed by atoms with Gasteiger partial charge >= 0.3 is 60.1 Å². The van der Waals surface area contributed by atoms with Crippen molar-refractivity contribution in [1.29, 1.82) is 0 Å². The number of carbonyl (C=O) groups excluding carboxylic acids is 2. The van der Waals surface area contributed by atoms with Gasteiger partial charge in [0.15, 0.2) is 11.6 Å². The van der Waals surface area contributed by atoms with Gasteiger partial charge < -0.3 is 19.0 Å². The van der Waals surface area contributed by atoms with Crippen molar-refractivity contribution in [2.45, 2.75) is 27.7 Å². The molecule has 0 radical (unpaired) electrons. The zero-order chi connectivity index (χ0) is 18.6. The third-order valence-corrected chi connectivity index (χ3v) is 2.78. The number of Topliss-reactive ketones (excluding diaryl/α,β-unsaturated/α-hetero) is 2. The fourth-order valence-corrected chi connectivity index (χ4v) is 1.80. The van der Waals surface area contributed by atoms with Crippen molar-refractivity contribution in [3.05, 3.63) is 55.6 Å². The summed E-state index contributed by atoms with van der Waals surface area (Å²) in [6.45, 7) is 5.27. The van der Waals surface area contributed by atoms with Crippen LogP contribution < -0.4 is 21.5 Å². The second kappa shape index (κ2) is 9.78. The summed E-state index contributed by atoms with van der Waals surface area (Å²) < 4.78 is 9.15. The molecule has 0 aliphatic rings. The van der Waals surface area contributed by atoms with Gasteiger partial charge in [0.2, 0.25) is 0 Å². The first kappa shape index (κ1) is 23.4. The molecule has 2 rings (SSSR count). The Balaban J connectivity index is 0.000000443. The van der Waals surface area contributed by atoms with Gasteiger partial charge in [-0.2, -0.15) is 0 Å². The molecule has 9 heteroatoms. The third kappa shape index (κ3) is 6.33. The molecule has 0 fully saturated rings. The first-order valence-corrected chi connectivity index (χ1v) is 6.70. The van der Waals surface area contributed by atoms with Crippen molar-refractivity contribution in [2.75, 3.05) is 0 Å². The summed E-state index contributed by atoms with van der Waals surface area (Å²) in [6.07, 6.45) is 0. The second-order valence-electron chi connectivity index (χ2n) is 4.88. The van der Waals surface area contributed by atoms with E-state index in [-0.39, 0.29) is 60.4 Å². The summed E-state index contributed by atoms with van der Waals surface area (Å²) in [6, 6.07) is 2.25. The predicted octanol–water partition coefficient (Wildman–Crippen LogP) is 0.0680. The molecule has 0 unspecified atom stereocenters. The van der Waals surface area contributed by atoms with Crippen molar-refractivity contribution in [1.82, 2.24) is 0 Å². The topological polar surface area (TPSA) is 141 Å².